The van der Waals surface area contributed by atoms with Gasteiger partial charge in [0.15, 0.2) is 0 Å². The van der Waals surface area contributed by atoms with Crippen molar-refractivity contribution in [3.63, 3.8) is 0 Å². The predicted molar refractivity (Wildman–Crippen MR) is 68.7 cm³/mol. The second-order valence-corrected chi connectivity index (χ2v) is 4.94. The van der Waals surface area contributed by atoms with E-state index in [1.807, 2.05) is 20.0 Å². The van der Waals surface area contributed by atoms with Gasteiger partial charge in [0.2, 0.25) is 0 Å². The molecule has 0 saturated heterocycles. The molecule has 1 aromatic rings. The van der Waals surface area contributed by atoms with Gasteiger partial charge in [0.05, 0.1) is 17.6 Å². The van der Waals surface area contributed by atoms with Crippen molar-refractivity contribution in [1.82, 2.24) is 9.97 Å². The van der Waals surface area contributed by atoms with Gasteiger partial charge in [-0.25, -0.2) is 4.98 Å². The lowest BCUT2D eigenvalue weighted by molar-refractivity contribution is 0.527. The van der Waals surface area contributed by atoms with E-state index >= 15 is 0 Å². The molecule has 3 heteroatoms. The van der Waals surface area contributed by atoms with Crippen LogP contribution in [0.3, 0.4) is 0 Å². The van der Waals surface area contributed by atoms with Crippen LogP contribution in [0.15, 0.2) is 6.20 Å². The molecule has 1 rings (SSSR count). The van der Waals surface area contributed by atoms with Gasteiger partial charge < -0.3 is 5.32 Å². The Morgan fingerprint density at radius 2 is 1.81 bits per heavy atom. The molecule has 0 aromatic carbocycles. The fraction of sp³-hybridized carbons (Fsp3) is 0.692. The van der Waals surface area contributed by atoms with Crippen LogP contribution in [-0.2, 0) is 0 Å². The maximum Gasteiger partial charge on any atom is 0.145 e. The topological polar surface area (TPSA) is 37.8 Å². The molecule has 0 aliphatic carbocycles. The number of nitrogens with one attached hydrogen (secondary N) is 1. The Bertz CT molecular complexity index is 334. The minimum absolute atomic E-state index is 0.457. The second-order valence-electron chi connectivity index (χ2n) is 4.94. The number of rotatable bonds is 5. The average molecular weight is 221 g/mol. The molecule has 0 bridgehead atoms. The molecular formula is C13H23N3. The Morgan fingerprint density at radius 1 is 1.12 bits per heavy atom. The van der Waals surface area contributed by atoms with Crippen LogP contribution in [0.2, 0.25) is 0 Å². The molecular weight excluding hydrogens is 198 g/mol. The van der Waals surface area contributed by atoms with Gasteiger partial charge in [0, 0.05) is 6.04 Å². The van der Waals surface area contributed by atoms with Gasteiger partial charge >= 0.3 is 0 Å². The lowest BCUT2D eigenvalue weighted by Crippen LogP contribution is -2.17. The smallest absolute Gasteiger partial charge is 0.145 e. The van der Waals surface area contributed by atoms with E-state index in [9.17, 15) is 0 Å². The first-order valence-electron chi connectivity index (χ1n) is 6.05. The summed E-state index contributed by atoms with van der Waals surface area (Å²) in [5.74, 6) is 1.65. The first kappa shape index (κ1) is 12.9. The van der Waals surface area contributed by atoms with Gasteiger partial charge in [0.1, 0.15) is 5.82 Å². The summed E-state index contributed by atoms with van der Waals surface area (Å²) in [5.41, 5.74) is 2.00. The van der Waals surface area contributed by atoms with Crippen molar-refractivity contribution in [3.05, 3.63) is 17.6 Å². The number of aryl methyl sites for hydroxylation is 2. The zero-order valence-corrected chi connectivity index (χ0v) is 11.0. The van der Waals surface area contributed by atoms with Gasteiger partial charge in [-0.15, -0.1) is 0 Å². The fourth-order valence-electron chi connectivity index (χ4n) is 1.52. The second kappa shape index (κ2) is 5.83. The van der Waals surface area contributed by atoms with Crippen LogP contribution >= 0.6 is 0 Å². The highest BCUT2D eigenvalue weighted by atomic mass is 15.0. The van der Waals surface area contributed by atoms with Gasteiger partial charge in [0.25, 0.3) is 0 Å². The molecule has 90 valence electrons. The van der Waals surface area contributed by atoms with Gasteiger partial charge in [-0.05, 0) is 39.5 Å². The highest BCUT2D eigenvalue weighted by Crippen LogP contribution is 2.11. The largest absolute Gasteiger partial charge is 0.366 e. The van der Waals surface area contributed by atoms with Gasteiger partial charge in [-0.2, -0.15) is 0 Å². The monoisotopic (exact) mass is 221 g/mol. The van der Waals surface area contributed by atoms with E-state index in [2.05, 4.69) is 36.1 Å². The molecule has 0 fully saturated rings. The number of hydrogen-bond acceptors (Lipinski definition) is 3. The summed E-state index contributed by atoms with van der Waals surface area (Å²) < 4.78 is 0. The molecule has 1 aromatic heterocycles. The van der Waals surface area contributed by atoms with E-state index in [-0.39, 0.29) is 0 Å². The van der Waals surface area contributed by atoms with Crippen LogP contribution in [-0.4, -0.2) is 16.0 Å². The number of hydrogen-bond donors (Lipinski definition) is 1. The highest BCUT2D eigenvalue weighted by Gasteiger charge is 2.05. The van der Waals surface area contributed by atoms with Crippen LogP contribution in [0.5, 0.6) is 0 Å². The Kier molecular flexibility index (Phi) is 4.71. The fourth-order valence-corrected chi connectivity index (χ4v) is 1.52. The van der Waals surface area contributed by atoms with E-state index < -0.39 is 0 Å². The van der Waals surface area contributed by atoms with Crippen molar-refractivity contribution in [1.29, 1.82) is 0 Å². The molecule has 1 N–H and O–H groups in total. The Labute approximate surface area is 98.7 Å². The van der Waals surface area contributed by atoms with Gasteiger partial charge in [-0.1, -0.05) is 13.8 Å². The van der Waals surface area contributed by atoms with Crippen LogP contribution in [0.25, 0.3) is 0 Å². The molecule has 0 spiro atoms. The molecule has 1 unspecified atom stereocenters. The third-order valence-electron chi connectivity index (χ3n) is 2.76. The van der Waals surface area contributed by atoms with Crippen LogP contribution < -0.4 is 5.32 Å². The van der Waals surface area contributed by atoms with Crippen LogP contribution in [0, 0.1) is 19.8 Å². The average Bonchev–Trinajstić information content (AvgIpc) is 2.21. The predicted octanol–water partition coefficient (Wildman–Crippen LogP) is 3.33. The summed E-state index contributed by atoms with van der Waals surface area (Å²) in [6, 6.07) is 0.457. The van der Waals surface area contributed by atoms with Crippen molar-refractivity contribution in [2.24, 2.45) is 5.92 Å². The SMILES string of the molecule is Cc1ncc(NC(C)CCC(C)C)nc1C. The van der Waals surface area contributed by atoms with Crippen molar-refractivity contribution in [2.75, 3.05) is 5.32 Å². The maximum atomic E-state index is 4.47. The molecule has 1 atom stereocenters. The summed E-state index contributed by atoms with van der Waals surface area (Å²) in [5, 5.41) is 3.39. The quantitative estimate of drug-likeness (QED) is 0.828. The Morgan fingerprint density at radius 3 is 2.38 bits per heavy atom. The lowest BCUT2D eigenvalue weighted by atomic mass is 10.0. The van der Waals surface area contributed by atoms with Crippen molar-refractivity contribution in [3.8, 4) is 0 Å². The standard InChI is InChI=1S/C13H23N3/c1-9(2)6-7-10(3)15-13-8-14-11(4)12(5)16-13/h8-10H,6-7H2,1-5H3,(H,15,16). The summed E-state index contributed by atoms with van der Waals surface area (Å²) in [6.07, 6.45) is 4.23. The lowest BCUT2D eigenvalue weighted by Gasteiger charge is -2.15. The molecule has 0 radical (unpaired) electrons. The number of nitrogens with zero attached hydrogens (tertiary/aromatic N) is 2. The normalized spacial score (nSPS) is 12.9. The van der Waals surface area contributed by atoms with E-state index in [4.69, 9.17) is 0 Å². The van der Waals surface area contributed by atoms with E-state index in [0.29, 0.717) is 6.04 Å². The molecule has 0 aliphatic heterocycles. The van der Waals surface area contributed by atoms with Crippen molar-refractivity contribution >= 4 is 5.82 Å². The van der Waals surface area contributed by atoms with E-state index in [1.165, 1.54) is 12.8 Å². The highest BCUT2D eigenvalue weighted by molar-refractivity contribution is 5.34. The first-order chi connectivity index (χ1) is 7.49. The minimum Gasteiger partial charge on any atom is -0.366 e. The minimum atomic E-state index is 0.457. The zero-order valence-electron chi connectivity index (χ0n) is 11.0. The molecule has 0 aliphatic rings. The number of aromatic nitrogens is 2. The van der Waals surface area contributed by atoms with Crippen molar-refractivity contribution in [2.45, 2.75) is 53.5 Å². The van der Waals surface area contributed by atoms with Crippen molar-refractivity contribution < 1.29 is 0 Å². The number of anilines is 1. The molecule has 1 heterocycles. The third kappa shape index (κ3) is 4.17. The van der Waals surface area contributed by atoms with Gasteiger partial charge in [-0.3, -0.25) is 4.98 Å². The Hall–Kier alpha value is -1.12. The molecule has 0 saturated carbocycles. The summed E-state index contributed by atoms with van der Waals surface area (Å²) in [6.45, 7) is 10.7. The molecule has 16 heavy (non-hydrogen) atoms. The first-order valence-corrected chi connectivity index (χ1v) is 6.05. The van der Waals surface area contributed by atoms with Crippen LogP contribution in [0.1, 0.15) is 45.0 Å². The molecule has 0 amide bonds. The zero-order chi connectivity index (χ0) is 12.1. The van der Waals surface area contributed by atoms with Crippen LogP contribution in [0.4, 0.5) is 5.82 Å². The Balaban J connectivity index is 2.49. The summed E-state index contributed by atoms with van der Waals surface area (Å²) in [7, 11) is 0. The van der Waals surface area contributed by atoms with E-state index in [0.717, 1.165) is 23.1 Å². The van der Waals surface area contributed by atoms with E-state index in [1.54, 1.807) is 0 Å². The summed E-state index contributed by atoms with van der Waals surface area (Å²) in [4.78, 5) is 8.77. The summed E-state index contributed by atoms with van der Waals surface area (Å²) >= 11 is 0. The maximum absolute atomic E-state index is 4.47. The third-order valence-corrected chi connectivity index (χ3v) is 2.76. The molecule has 3 nitrogen and oxygen atoms in total.